The van der Waals surface area contributed by atoms with E-state index in [0.29, 0.717) is 18.8 Å². The summed E-state index contributed by atoms with van der Waals surface area (Å²) in [6, 6.07) is 17.8. The number of nitrogens with one attached hydrogen (secondary N) is 2. The second-order valence-electron chi connectivity index (χ2n) is 7.52. The Kier molecular flexibility index (Phi) is 4.75. The number of benzene rings is 2. The van der Waals surface area contributed by atoms with Crippen LogP contribution in [0.2, 0.25) is 0 Å². The average Bonchev–Trinajstić information content (AvgIpc) is 3.48. The molecular weight excluding hydrogens is 376 g/mol. The zero-order chi connectivity index (χ0) is 20.5. The summed E-state index contributed by atoms with van der Waals surface area (Å²) in [7, 11) is 0. The second-order valence-corrected chi connectivity index (χ2v) is 7.52. The number of hydrogen-bond donors (Lipinski definition) is 2. The Bertz CT molecular complexity index is 1210. The van der Waals surface area contributed by atoms with Crippen LogP contribution in [-0.2, 0) is 19.4 Å². The van der Waals surface area contributed by atoms with Gasteiger partial charge in [-0.25, -0.2) is 4.68 Å². The Balaban J connectivity index is 1.35. The van der Waals surface area contributed by atoms with Crippen molar-refractivity contribution in [2.75, 3.05) is 6.61 Å². The topological polar surface area (TPSA) is 71.9 Å². The minimum Gasteiger partial charge on any atom is -0.494 e. The lowest BCUT2D eigenvalue weighted by Crippen LogP contribution is -2.23. The Hall–Kier alpha value is -3.54. The first-order chi connectivity index (χ1) is 14.7. The lowest BCUT2D eigenvalue weighted by molar-refractivity contribution is 0.0946. The van der Waals surface area contributed by atoms with Gasteiger partial charge in [-0.3, -0.25) is 4.79 Å². The summed E-state index contributed by atoms with van der Waals surface area (Å²) in [5, 5.41) is 8.84. The molecule has 0 saturated heterocycles. The summed E-state index contributed by atoms with van der Waals surface area (Å²) in [5.41, 5.74) is 5.98. The van der Waals surface area contributed by atoms with Crippen LogP contribution in [0.3, 0.4) is 0 Å². The Labute approximate surface area is 174 Å². The fourth-order valence-electron chi connectivity index (χ4n) is 4.18. The number of ether oxygens (including phenoxy) is 1. The van der Waals surface area contributed by atoms with Crippen molar-refractivity contribution < 1.29 is 9.53 Å². The molecule has 2 heterocycles. The highest BCUT2D eigenvalue weighted by Gasteiger charge is 2.23. The number of aromatic nitrogens is 3. The standard InChI is InChI=1S/C24H24N4O2/c1-2-30-18-12-11-16-13-21(26-20(16)14-18)24(29)25-15-22-19-9-6-10-23(19)28(27-22)17-7-4-3-5-8-17/h3-5,7-8,11-14,26H,2,6,9-10,15H2,1H3,(H,25,29). The molecule has 30 heavy (non-hydrogen) atoms. The van der Waals surface area contributed by atoms with Crippen LogP contribution in [0.4, 0.5) is 0 Å². The SMILES string of the molecule is CCOc1ccc2cc(C(=O)NCc3nn(-c4ccccc4)c4c3CCC4)[nH]c2c1. The fraction of sp³-hybridized carbons (Fsp3) is 0.250. The molecule has 0 fully saturated rings. The number of fused-ring (bicyclic) bond motifs is 2. The van der Waals surface area contributed by atoms with Crippen molar-refractivity contribution in [1.29, 1.82) is 0 Å². The number of aromatic amines is 1. The third-order valence-electron chi connectivity index (χ3n) is 5.58. The van der Waals surface area contributed by atoms with E-state index in [4.69, 9.17) is 9.84 Å². The smallest absolute Gasteiger partial charge is 0.268 e. The first kappa shape index (κ1) is 18.5. The Morgan fingerprint density at radius 3 is 2.87 bits per heavy atom. The third-order valence-corrected chi connectivity index (χ3v) is 5.58. The Morgan fingerprint density at radius 2 is 2.03 bits per heavy atom. The van der Waals surface area contributed by atoms with Gasteiger partial charge in [0.05, 0.1) is 24.5 Å². The maximum Gasteiger partial charge on any atom is 0.268 e. The number of para-hydroxylation sites is 1. The molecule has 6 nitrogen and oxygen atoms in total. The molecule has 2 aromatic carbocycles. The molecule has 0 saturated carbocycles. The summed E-state index contributed by atoms with van der Waals surface area (Å²) in [4.78, 5) is 16.0. The van der Waals surface area contributed by atoms with E-state index in [1.54, 1.807) is 0 Å². The van der Waals surface area contributed by atoms with Crippen molar-refractivity contribution in [2.24, 2.45) is 0 Å². The van der Waals surface area contributed by atoms with Gasteiger partial charge in [0.15, 0.2) is 0 Å². The van der Waals surface area contributed by atoms with Crippen LogP contribution < -0.4 is 10.1 Å². The van der Waals surface area contributed by atoms with Crippen molar-refractivity contribution in [2.45, 2.75) is 32.7 Å². The van der Waals surface area contributed by atoms with Gasteiger partial charge >= 0.3 is 0 Å². The summed E-state index contributed by atoms with van der Waals surface area (Å²) in [6.07, 6.45) is 3.17. The highest BCUT2D eigenvalue weighted by Crippen LogP contribution is 2.28. The molecule has 6 heteroatoms. The molecular formula is C24H24N4O2. The summed E-state index contributed by atoms with van der Waals surface area (Å²) in [6.45, 7) is 2.98. The number of H-pyrrole nitrogens is 1. The summed E-state index contributed by atoms with van der Waals surface area (Å²) < 4.78 is 7.57. The van der Waals surface area contributed by atoms with E-state index < -0.39 is 0 Å². The van der Waals surface area contributed by atoms with E-state index in [2.05, 4.69) is 22.4 Å². The predicted octanol–water partition coefficient (Wildman–Crippen LogP) is 4.17. The molecule has 4 aromatic rings. The van der Waals surface area contributed by atoms with E-state index in [1.807, 2.05) is 54.1 Å². The number of amides is 1. The van der Waals surface area contributed by atoms with Gasteiger partial charge in [-0.2, -0.15) is 5.10 Å². The van der Waals surface area contributed by atoms with E-state index in [9.17, 15) is 4.79 Å². The van der Waals surface area contributed by atoms with Crippen LogP contribution >= 0.6 is 0 Å². The maximum absolute atomic E-state index is 12.8. The van der Waals surface area contributed by atoms with E-state index in [1.165, 1.54) is 11.3 Å². The van der Waals surface area contributed by atoms with Gasteiger partial charge in [0.25, 0.3) is 5.91 Å². The molecule has 1 aliphatic carbocycles. The molecule has 0 unspecified atom stereocenters. The van der Waals surface area contributed by atoms with Gasteiger partial charge in [0.2, 0.25) is 0 Å². The van der Waals surface area contributed by atoms with Crippen LogP contribution in [0.1, 0.15) is 40.8 Å². The van der Waals surface area contributed by atoms with Gasteiger partial charge in [-0.05, 0) is 62.1 Å². The van der Waals surface area contributed by atoms with Gasteiger partial charge in [-0.15, -0.1) is 0 Å². The van der Waals surface area contributed by atoms with Crippen molar-refractivity contribution in [3.8, 4) is 11.4 Å². The Morgan fingerprint density at radius 1 is 1.17 bits per heavy atom. The van der Waals surface area contributed by atoms with Gasteiger partial charge in [0.1, 0.15) is 11.4 Å². The van der Waals surface area contributed by atoms with Gasteiger partial charge in [0, 0.05) is 22.7 Å². The minimum absolute atomic E-state index is 0.134. The molecule has 1 aliphatic rings. The minimum atomic E-state index is -0.134. The monoisotopic (exact) mass is 400 g/mol. The normalized spacial score (nSPS) is 12.8. The number of nitrogens with zero attached hydrogens (tertiary/aromatic N) is 2. The van der Waals surface area contributed by atoms with E-state index in [0.717, 1.165) is 47.3 Å². The van der Waals surface area contributed by atoms with E-state index in [-0.39, 0.29) is 5.91 Å². The molecule has 0 spiro atoms. The molecule has 152 valence electrons. The quantitative estimate of drug-likeness (QED) is 0.510. The van der Waals surface area contributed by atoms with Crippen molar-refractivity contribution in [1.82, 2.24) is 20.1 Å². The summed E-state index contributed by atoms with van der Waals surface area (Å²) >= 11 is 0. The number of carbonyl (C=O) groups is 1. The second kappa shape index (κ2) is 7.71. The molecule has 1 amide bonds. The molecule has 0 atom stereocenters. The van der Waals surface area contributed by atoms with Crippen molar-refractivity contribution in [3.63, 3.8) is 0 Å². The first-order valence-corrected chi connectivity index (χ1v) is 10.4. The van der Waals surface area contributed by atoms with Crippen molar-refractivity contribution in [3.05, 3.63) is 77.2 Å². The zero-order valence-electron chi connectivity index (χ0n) is 16.9. The molecule has 0 bridgehead atoms. The van der Waals surface area contributed by atoms with Crippen LogP contribution in [-0.4, -0.2) is 27.3 Å². The molecule has 0 aliphatic heterocycles. The van der Waals surface area contributed by atoms with Crippen LogP contribution in [0, 0.1) is 0 Å². The van der Waals surface area contributed by atoms with Crippen molar-refractivity contribution >= 4 is 16.8 Å². The van der Waals surface area contributed by atoms with Crippen LogP contribution in [0.25, 0.3) is 16.6 Å². The number of hydrogen-bond acceptors (Lipinski definition) is 3. The zero-order valence-corrected chi connectivity index (χ0v) is 16.9. The van der Waals surface area contributed by atoms with Crippen LogP contribution in [0.5, 0.6) is 5.75 Å². The highest BCUT2D eigenvalue weighted by atomic mass is 16.5. The molecule has 2 N–H and O–H groups in total. The third kappa shape index (κ3) is 3.34. The lowest BCUT2D eigenvalue weighted by atomic mass is 10.2. The molecule has 2 aromatic heterocycles. The molecule has 0 radical (unpaired) electrons. The first-order valence-electron chi connectivity index (χ1n) is 10.4. The average molecular weight is 400 g/mol. The lowest BCUT2D eigenvalue weighted by Gasteiger charge is -2.05. The predicted molar refractivity (Wildman–Crippen MR) is 116 cm³/mol. The number of carbonyl (C=O) groups excluding carboxylic acids is 1. The summed E-state index contributed by atoms with van der Waals surface area (Å²) in [5.74, 6) is 0.658. The fourth-order valence-corrected chi connectivity index (χ4v) is 4.18. The maximum atomic E-state index is 12.8. The number of rotatable bonds is 6. The largest absolute Gasteiger partial charge is 0.494 e. The van der Waals surface area contributed by atoms with Gasteiger partial charge < -0.3 is 15.0 Å². The highest BCUT2D eigenvalue weighted by molar-refractivity contribution is 5.98. The van der Waals surface area contributed by atoms with Gasteiger partial charge in [-0.1, -0.05) is 18.2 Å². The van der Waals surface area contributed by atoms with E-state index >= 15 is 0 Å². The van der Waals surface area contributed by atoms with Crippen LogP contribution in [0.15, 0.2) is 54.6 Å². The molecule has 5 rings (SSSR count).